The molecule has 4 unspecified atom stereocenters. The first-order valence-corrected chi connectivity index (χ1v) is 11.8. The maximum absolute atomic E-state index is 15.8. The molecular formula is C24H39FO4. The van der Waals surface area contributed by atoms with Gasteiger partial charge >= 0.3 is 5.97 Å². The summed E-state index contributed by atoms with van der Waals surface area (Å²) in [6.07, 6.45) is 4.59. The van der Waals surface area contributed by atoms with Crippen LogP contribution in [0.15, 0.2) is 0 Å². The number of aliphatic hydroxyl groups excluding tert-OH is 2. The summed E-state index contributed by atoms with van der Waals surface area (Å²) in [5, 5.41) is 30.2. The van der Waals surface area contributed by atoms with E-state index in [1.807, 2.05) is 0 Å². The van der Waals surface area contributed by atoms with Gasteiger partial charge in [0.25, 0.3) is 0 Å². The molecule has 0 aromatic rings. The number of aliphatic hydroxyl groups is 2. The zero-order chi connectivity index (χ0) is 21.1. The van der Waals surface area contributed by atoms with E-state index in [1.165, 1.54) is 0 Å². The second-order valence-electron chi connectivity index (χ2n) is 11.4. The number of hydrogen-bond acceptors (Lipinski definition) is 3. The minimum atomic E-state index is -1.21. The molecule has 0 aliphatic heterocycles. The molecule has 0 heterocycles. The Morgan fingerprint density at radius 1 is 1.03 bits per heavy atom. The Balaban J connectivity index is 1.59. The van der Waals surface area contributed by atoms with Crippen molar-refractivity contribution in [2.24, 2.45) is 46.3 Å². The van der Waals surface area contributed by atoms with E-state index in [4.69, 9.17) is 5.11 Å². The van der Waals surface area contributed by atoms with E-state index in [2.05, 4.69) is 20.8 Å². The van der Waals surface area contributed by atoms with Crippen LogP contribution in [0.1, 0.15) is 78.6 Å². The van der Waals surface area contributed by atoms with E-state index in [-0.39, 0.29) is 40.9 Å². The molecule has 29 heavy (non-hydrogen) atoms. The number of carbonyl (C=O) groups is 1. The molecule has 0 aromatic carbocycles. The van der Waals surface area contributed by atoms with Crippen molar-refractivity contribution in [3.63, 3.8) is 0 Å². The molecule has 0 bridgehead atoms. The van der Waals surface area contributed by atoms with Gasteiger partial charge in [0, 0.05) is 6.42 Å². The number of carboxylic acid groups (broad SMARTS) is 1. The topological polar surface area (TPSA) is 77.8 Å². The third-order valence-electron chi connectivity index (χ3n) is 10.2. The summed E-state index contributed by atoms with van der Waals surface area (Å²) in [4.78, 5) is 11.0. The van der Waals surface area contributed by atoms with Gasteiger partial charge in [0.15, 0.2) is 0 Å². The highest BCUT2D eigenvalue weighted by Crippen LogP contribution is 2.68. The van der Waals surface area contributed by atoms with E-state index < -0.39 is 24.3 Å². The summed E-state index contributed by atoms with van der Waals surface area (Å²) in [6.45, 7) is 6.75. The summed E-state index contributed by atoms with van der Waals surface area (Å²) in [6, 6.07) is 0. The van der Waals surface area contributed by atoms with Crippen molar-refractivity contribution in [1.29, 1.82) is 0 Å². The van der Waals surface area contributed by atoms with Crippen molar-refractivity contribution in [3.05, 3.63) is 0 Å². The van der Waals surface area contributed by atoms with Crippen LogP contribution in [-0.4, -0.2) is 39.7 Å². The summed E-state index contributed by atoms with van der Waals surface area (Å²) in [5.74, 6) is 0.346. The molecule has 166 valence electrons. The maximum Gasteiger partial charge on any atom is 0.303 e. The third-order valence-corrected chi connectivity index (χ3v) is 10.2. The van der Waals surface area contributed by atoms with E-state index in [9.17, 15) is 15.0 Å². The molecule has 0 spiro atoms. The van der Waals surface area contributed by atoms with Gasteiger partial charge < -0.3 is 15.3 Å². The second kappa shape index (κ2) is 7.47. The lowest BCUT2D eigenvalue weighted by Gasteiger charge is -2.63. The number of halogens is 1. The van der Waals surface area contributed by atoms with Crippen LogP contribution in [0.3, 0.4) is 0 Å². The average molecular weight is 411 g/mol. The summed E-state index contributed by atoms with van der Waals surface area (Å²) in [7, 11) is 0. The largest absolute Gasteiger partial charge is 0.481 e. The zero-order valence-corrected chi connectivity index (χ0v) is 18.2. The Bertz CT molecular complexity index is 640. The number of hydrogen-bond donors (Lipinski definition) is 3. The van der Waals surface area contributed by atoms with E-state index >= 15 is 4.39 Å². The molecule has 4 aliphatic rings. The van der Waals surface area contributed by atoms with Crippen LogP contribution in [0.5, 0.6) is 0 Å². The first-order chi connectivity index (χ1) is 13.6. The summed E-state index contributed by atoms with van der Waals surface area (Å²) in [5.41, 5.74) is -0.0409. The molecule has 4 rings (SSSR count). The highest BCUT2D eigenvalue weighted by Gasteiger charge is 2.65. The molecular weight excluding hydrogens is 371 g/mol. The first kappa shape index (κ1) is 21.5. The fraction of sp³-hybridized carbons (Fsp3) is 0.958. The van der Waals surface area contributed by atoms with Gasteiger partial charge in [0.2, 0.25) is 0 Å². The van der Waals surface area contributed by atoms with Gasteiger partial charge in [-0.1, -0.05) is 20.8 Å². The van der Waals surface area contributed by atoms with Gasteiger partial charge in [-0.25, -0.2) is 4.39 Å². The molecule has 0 radical (unpaired) electrons. The third kappa shape index (κ3) is 3.26. The highest BCUT2D eigenvalue weighted by molar-refractivity contribution is 5.66. The van der Waals surface area contributed by atoms with Gasteiger partial charge in [-0.15, -0.1) is 0 Å². The van der Waals surface area contributed by atoms with Crippen LogP contribution in [0, 0.1) is 46.3 Å². The van der Waals surface area contributed by atoms with Gasteiger partial charge in [-0.3, -0.25) is 4.79 Å². The lowest BCUT2D eigenvalue weighted by Crippen LogP contribution is -2.63. The first-order valence-electron chi connectivity index (χ1n) is 11.8. The molecule has 4 aliphatic carbocycles. The van der Waals surface area contributed by atoms with Crippen molar-refractivity contribution in [2.75, 3.05) is 0 Å². The second-order valence-corrected chi connectivity index (χ2v) is 11.4. The fourth-order valence-electron chi connectivity index (χ4n) is 8.72. The van der Waals surface area contributed by atoms with Crippen LogP contribution in [0.2, 0.25) is 0 Å². The molecule has 5 heteroatoms. The molecule has 4 nitrogen and oxygen atoms in total. The van der Waals surface area contributed by atoms with Gasteiger partial charge in [0.05, 0.1) is 12.2 Å². The van der Waals surface area contributed by atoms with E-state index in [1.54, 1.807) is 0 Å². The van der Waals surface area contributed by atoms with Gasteiger partial charge in [0.1, 0.15) is 6.17 Å². The Kier molecular flexibility index (Phi) is 5.55. The molecule has 4 fully saturated rings. The Hall–Kier alpha value is -0.680. The van der Waals surface area contributed by atoms with Crippen LogP contribution < -0.4 is 0 Å². The Morgan fingerprint density at radius 3 is 2.38 bits per heavy atom. The van der Waals surface area contributed by atoms with E-state index in [0.717, 1.165) is 38.5 Å². The molecule has 3 N–H and O–H groups in total. The predicted octanol–water partition coefficient (Wildman–Crippen LogP) is 4.43. The van der Waals surface area contributed by atoms with Crippen molar-refractivity contribution in [3.8, 4) is 0 Å². The van der Waals surface area contributed by atoms with E-state index in [0.29, 0.717) is 24.7 Å². The van der Waals surface area contributed by atoms with Crippen LogP contribution in [0.25, 0.3) is 0 Å². The lowest BCUT2D eigenvalue weighted by atomic mass is 9.43. The minimum absolute atomic E-state index is 0.0422. The fourth-order valence-corrected chi connectivity index (χ4v) is 8.72. The van der Waals surface area contributed by atoms with Crippen LogP contribution in [-0.2, 0) is 4.79 Å². The van der Waals surface area contributed by atoms with Crippen LogP contribution in [0.4, 0.5) is 4.39 Å². The summed E-state index contributed by atoms with van der Waals surface area (Å²) >= 11 is 0. The molecule has 0 amide bonds. The molecule has 0 saturated heterocycles. The normalized spacial score (nSPS) is 52.9. The molecule has 11 atom stereocenters. The molecule has 0 aromatic heterocycles. The average Bonchev–Trinajstić information content (AvgIpc) is 3.02. The number of aliphatic carboxylic acids is 1. The maximum atomic E-state index is 15.8. The van der Waals surface area contributed by atoms with Crippen molar-refractivity contribution in [2.45, 2.75) is 96.9 Å². The van der Waals surface area contributed by atoms with Crippen molar-refractivity contribution in [1.82, 2.24) is 0 Å². The minimum Gasteiger partial charge on any atom is -0.481 e. The van der Waals surface area contributed by atoms with Crippen molar-refractivity contribution >= 4 is 5.97 Å². The number of fused-ring (bicyclic) bond motifs is 5. The number of rotatable bonds is 4. The Morgan fingerprint density at radius 2 is 1.69 bits per heavy atom. The monoisotopic (exact) mass is 410 g/mol. The lowest BCUT2D eigenvalue weighted by molar-refractivity contribution is -0.205. The zero-order valence-electron chi connectivity index (χ0n) is 18.2. The standard InChI is InChI=1S/C24H39FO4/c1-13(4-7-19(27)28)15-5-6-16-20-17(9-11-23(15,16)2)24(3)10-8-14(26)12-18(24)22(29)21(20)25/h13-18,20-22,26,29H,4-12H2,1-3H3,(H,27,28)/t13-,14?,15-,16+,17+,18?,20+,21?,22?,23-,24-/m1/s1. The quantitative estimate of drug-likeness (QED) is 0.641. The predicted molar refractivity (Wildman–Crippen MR) is 109 cm³/mol. The Labute approximate surface area is 174 Å². The van der Waals surface area contributed by atoms with Gasteiger partial charge in [-0.2, -0.15) is 0 Å². The number of carboxylic acids is 1. The summed E-state index contributed by atoms with van der Waals surface area (Å²) < 4.78 is 15.8. The number of alkyl halides is 1. The smallest absolute Gasteiger partial charge is 0.303 e. The SMILES string of the molecule is C[C@H](CCC(=O)O)[C@H]1CC[C@H]2[C@@H]3C(F)C(O)C4CC(O)CC[C@]4(C)[C@H]3CC[C@]12C. The highest BCUT2D eigenvalue weighted by atomic mass is 19.1. The molecule has 4 saturated carbocycles. The van der Waals surface area contributed by atoms with Crippen LogP contribution >= 0.6 is 0 Å². The van der Waals surface area contributed by atoms with Gasteiger partial charge in [-0.05, 0) is 97.7 Å². The van der Waals surface area contributed by atoms with Crippen molar-refractivity contribution < 1.29 is 24.5 Å².